The lowest BCUT2D eigenvalue weighted by molar-refractivity contribution is -0.134. The van der Waals surface area contributed by atoms with Gasteiger partial charge in [-0.05, 0) is 48.5 Å². The number of hydrogen-bond donors (Lipinski definition) is 3. The van der Waals surface area contributed by atoms with Gasteiger partial charge >= 0.3 is 0 Å². The van der Waals surface area contributed by atoms with Gasteiger partial charge in [-0.15, -0.1) is 0 Å². The molecule has 35 heavy (non-hydrogen) atoms. The summed E-state index contributed by atoms with van der Waals surface area (Å²) >= 11 is 0. The van der Waals surface area contributed by atoms with Gasteiger partial charge in [-0.1, -0.05) is 0 Å². The Balaban J connectivity index is 1.52. The molecule has 2 amide bonds. The normalized spacial score (nSPS) is 16.3. The van der Waals surface area contributed by atoms with Crippen molar-refractivity contribution in [2.24, 2.45) is 5.73 Å². The highest BCUT2D eigenvalue weighted by Gasteiger charge is 2.34. The summed E-state index contributed by atoms with van der Waals surface area (Å²) < 4.78 is 24.5. The molecular formula is C24H23FN4O6. The molecule has 0 saturated carbocycles. The van der Waals surface area contributed by atoms with Crippen LogP contribution in [0.5, 0.6) is 17.4 Å². The number of aliphatic hydroxyl groups excluding tert-OH is 2. The lowest BCUT2D eigenvalue weighted by atomic mass is 10.2. The number of halogens is 1. The number of ether oxygens (including phenoxy) is 2. The third-order valence-corrected chi connectivity index (χ3v) is 5.27. The summed E-state index contributed by atoms with van der Waals surface area (Å²) in [5.41, 5.74) is 5.87. The average Bonchev–Trinajstić information content (AvgIpc) is 3.19. The maximum Gasteiger partial charge on any atom is 0.267 e. The first-order valence-electron chi connectivity index (χ1n) is 10.8. The summed E-state index contributed by atoms with van der Waals surface area (Å²) in [4.78, 5) is 34.3. The van der Waals surface area contributed by atoms with Gasteiger partial charge in [0.05, 0.1) is 12.7 Å². The Morgan fingerprint density at radius 1 is 1.14 bits per heavy atom. The summed E-state index contributed by atoms with van der Waals surface area (Å²) in [7, 11) is 0. The minimum atomic E-state index is -1.04. The Morgan fingerprint density at radius 2 is 1.80 bits per heavy atom. The van der Waals surface area contributed by atoms with Gasteiger partial charge in [0, 0.05) is 31.1 Å². The van der Waals surface area contributed by atoms with E-state index in [0.29, 0.717) is 30.0 Å². The van der Waals surface area contributed by atoms with E-state index in [1.54, 1.807) is 24.3 Å². The highest BCUT2D eigenvalue weighted by atomic mass is 19.1. The van der Waals surface area contributed by atoms with Crippen LogP contribution in [0.1, 0.15) is 16.9 Å². The second-order valence-electron chi connectivity index (χ2n) is 7.88. The fraction of sp³-hybridized carbons (Fsp3) is 0.250. The smallest absolute Gasteiger partial charge is 0.267 e. The van der Waals surface area contributed by atoms with E-state index in [4.69, 9.17) is 20.3 Å². The van der Waals surface area contributed by atoms with Crippen molar-refractivity contribution < 1.29 is 33.7 Å². The van der Waals surface area contributed by atoms with Crippen LogP contribution in [0.4, 0.5) is 4.39 Å². The van der Waals surface area contributed by atoms with Gasteiger partial charge in [-0.25, -0.2) is 9.37 Å². The number of aromatic nitrogens is 2. The zero-order chi connectivity index (χ0) is 24.9. The number of carbonyl (C=O) groups is 2. The van der Waals surface area contributed by atoms with Crippen molar-refractivity contribution in [2.45, 2.75) is 18.6 Å². The van der Waals surface area contributed by atoms with Crippen molar-refractivity contribution >= 4 is 11.8 Å². The van der Waals surface area contributed by atoms with Crippen LogP contribution in [0.3, 0.4) is 0 Å². The molecule has 10 nitrogen and oxygen atoms in total. The van der Waals surface area contributed by atoms with Gasteiger partial charge < -0.3 is 30.3 Å². The first-order chi connectivity index (χ1) is 16.8. The van der Waals surface area contributed by atoms with E-state index in [1.807, 2.05) is 0 Å². The van der Waals surface area contributed by atoms with E-state index in [1.165, 1.54) is 35.2 Å². The number of nitrogens with zero attached hydrogens (tertiary/aromatic N) is 3. The molecule has 4 rings (SSSR count). The van der Waals surface area contributed by atoms with Crippen molar-refractivity contribution in [3.63, 3.8) is 0 Å². The molecule has 1 unspecified atom stereocenters. The van der Waals surface area contributed by atoms with Crippen molar-refractivity contribution in [1.82, 2.24) is 14.9 Å². The van der Waals surface area contributed by atoms with Crippen LogP contribution in [0.2, 0.25) is 0 Å². The predicted octanol–water partition coefficient (Wildman–Crippen LogP) is 1.51. The van der Waals surface area contributed by atoms with E-state index in [2.05, 4.69) is 9.97 Å². The summed E-state index contributed by atoms with van der Waals surface area (Å²) in [6.45, 7) is -0.125. The standard InChI is InChI=1S/C24H23FN4O6/c25-15-3-7-18(8-4-15)34-17-5-1-14(2-6-17)23-27-19(22(26)32)11-21(28-23)35-20-9-10-29(24(20)33)12-16(31)13-30/h1-8,11,16,20,30-31H,9-10,12-13H2,(H2,26,32)/t16-,20?/m0/s1. The van der Waals surface area contributed by atoms with E-state index in [0.717, 1.165) is 0 Å². The molecule has 2 heterocycles. The summed E-state index contributed by atoms with van der Waals surface area (Å²) in [6, 6.07) is 13.5. The Kier molecular flexibility index (Phi) is 7.18. The number of hydrogen-bond acceptors (Lipinski definition) is 8. The highest BCUT2D eigenvalue weighted by Crippen LogP contribution is 2.27. The SMILES string of the molecule is NC(=O)c1cc(OC2CCN(C[C@H](O)CO)C2=O)nc(-c2ccc(Oc3ccc(F)cc3)cc2)n1. The molecular weight excluding hydrogens is 459 g/mol. The molecule has 1 aliphatic heterocycles. The summed E-state index contributed by atoms with van der Waals surface area (Å²) in [5.74, 6) is -0.415. The second kappa shape index (κ2) is 10.5. The van der Waals surface area contributed by atoms with Crippen LogP contribution in [0.25, 0.3) is 11.4 Å². The third kappa shape index (κ3) is 5.89. The fourth-order valence-electron chi connectivity index (χ4n) is 3.51. The van der Waals surface area contributed by atoms with E-state index < -0.39 is 24.7 Å². The van der Waals surface area contributed by atoms with Crippen LogP contribution in [-0.4, -0.2) is 68.8 Å². The Morgan fingerprint density at radius 3 is 2.43 bits per heavy atom. The van der Waals surface area contributed by atoms with Crippen molar-refractivity contribution in [3.05, 3.63) is 66.1 Å². The maximum absolute atomic E-state index is 13.1. The lowest BCUT2D eigenvalue weighted by Crippen LogP contribution is -2.38. The molecule has 0 bridgehead atoms. The third-order valence-electron chi connectivity index (χ3n) is 5.27. The van der Waals surface area contributed by atoms with Crippen LogP contribution >= 0.6 is 0 Å². The number of carbonyl (C=O) groups excluding carboxylic acids is 2. The highest BCUT2D eigenvalue weighted by molar-refractivity contribution is 5.91. The van der Waals surface area contributed by atoms with Gasteiger partial charge in [0.2, 0.25) is 5.88 Å². The van der Waals surface area contributed by atoms with E-state index in [-0.39, 0.29) is 35.7 Å². The van der Waals surface area contributed by atoms with Gasteiger partial charge in [0.1, 0.15) is 23.0 Å². The Labute approximate surface area is 199 Å². The van der Waals surface area contributed by atoms with E-state index in [9.17, 15) is 19.1 Å². The van der Waals surface area contributed by atoms with Crippen LogP contribution in [0.15, 0.2) is 54.6 Å². The molecule has 3 aromatic rings. The van der Waals surface area contributed by atoms with E-state index >= 15 is 0 Å². The number of primary amides is 1. The number of nitrogens with two attached hydrogens (primary N) is 1. The second-order valence-corrected chi connectivity index (χ2v) is 7.88. The monoisotopic (exact) mass is 482 g/mol. The number of rotatable bonds is 9. The number of likely N-dealkylation sites (tertiary alicyclic amines) is 1. The van der Waals surface area contributed by atoms with Gasteiger partial charge in [0.25, 0.3) is 11.8 Å². The summed E-state index contributed by atoms with van der Waals surface area (Å²) in [6.07, 6.45) is -1.56. The predicted molar refractivity (Wildman–Crippen MR) is 121 cm³/mol. The van der Waals surface area contributed by atoms with Crippen LogP contribution in [0, 0.1) is 5.82 Å². The average molecular weight is 482 g/mol. The number of benzene rings is 2. The lowest BCUT2D eigenvalue weighted by Gasteiger charge is -2.19. The number of aliphatic hydroxyl groups is 2. The minimum absolute atomic E-state index is 0.00153. The van der Waals surface area contributed by atoms with Gasteiger partial charge in [-0.3, -0.25) is 9.59 Å². The molecule has 1 aliphatic rings. The van der Waals surface area contributed by atoms with Crippen molar-refractivity contribution in [1.29, 1.82) is 0 Å². The molecule has 0 radical (unpaired) electrons. The molecule has 11 heteroatoms. The summed E-state index contributed by atoms with van der Waals surface area (Å²) in [5, 5.41) is 18.6. The topological polar surface area (TPSA) is 148 Å². The van der Waals surface area contributed by atoms with Gasteiger partial charge in [-0.2, -0.15) is 4.98 Å². The Bertz CT molecular complexity index is 1210. The molecule has 2 aromatic carbocycles. The van der Waals surface area contributed by atoms with Crippen LogP contribution < -0.4 is 15.2 Å². The first kappa shape index (κ1) is 24.0. The minimum Gasteiger partial charge on any atom is -0.464 e. The molecule has 2 atom stereocenters. The van der Waals surface area contributed by atoms with Gasteiger partial charge in [0.15, 0.2) is 11.9 Å². The van der Waals surface area contributed by atoms with Crippen molar-refractivity contribution in [2.75, 3.05) is 19.7 Å². The molecule has 0 aliphatic carbocycles. The van der Waals surface area contributed by atoms with Crippen LogP contribution in [-0.2, 0) is 4.79 Å². The quantitative estimate of drug-likeness (QED) is 0.416. The number of amides is 2. The fourth-order valence-corrected chi connectivity index (χ4v) is 3.51. The molecule has 182 valence electrons. The molecule has 1 aromatic heterocycles. The molecule has 0 spiro atoms. The van der Waals surface area contributed by atoms with Crippen molar-refractivity contribution in [3.8, 4) is 28.8 Å². The first-order valence-corrected chi connectivity index (χ1v) is 10.8. The Hall–Kier alpha value is -4.09. The molecule has 1 fully saturated rings. The largest absolute Gasteiger partial charge is 0.464 e. The zero-order valence-electron chi connectivity index (χ0n) is 18.5. The number of β-amino-alcohol motifs (C(OH)–C–C–N with tert-alkyl or cyclic N) is 1. The molecule has 1 saturated heterocycles. The maximum atomic E-state index is 13.1. The molecule has 4 N–H and O–H groups in total. The zero-order valence-corrected chi connectivity index (χ0v) is 18.5.